The predicted molar refractivity (Wildman–Crippen MR) is 167 cm³/mol. The highest BCUT2D eigenvalue weighted by Gasteiger charge is 2.27. The minimum atomic E-state index is -0.0802. The van der Waals surface area contributed by atoms with Gasteiger partial charge in [-0.15, -0.1) is 0 Å². The van der Waals surface area contributed by atoms with E-state index in [2.05, 4.69) is 41.0 Å². The molecule has 3 aromatic rings. The van der Waals surface area contributed by atoms with Crippen molar-refractivity contribution in [1.29, 1.82) is 0 Å². The number of halogens is 1. The number of hydrogen-bond acceptors (Lipinski definition) is 6. The normalized spacial score (nSPS) is 16.1. The molecule has 1 saturated heterocycles. The lowest BCUT2D eigenvalue weighted by molar-refractivity contribution is 0.0985. The van der Waals surface area contributed by atoms with E-state index in [0.29, 0.717) is 29.2 Å². The lowest BCUT2D eigenvalue weighted by atomic mass is 9.92. The number of carbonyl (C=O) groups excluding carboxylic acids is 1. The van der Waals surface area contributed by atoms with Gasteiger partial charge in [-0.05, 0) is 73.7 Å². The van der Waals surface area contributed by atoms with Crippen molar-refractivity contribution in [3.63, 3.8) is 0 Å². The first-order chi connectivity index (χ1) is 19.6. The van der Waals surface area contributed by atoms with Crippen molar-refractivity contribution in [3.8, 4) is 5.75 Å². The molecule has 0 saturated carbocycles. The summed E-state index contributed by atoms with van der Waals surface area (Å²) in [5.41, 5.74) is 4.46. The van der Waals surface area contributed by atoms with Gasteiger partial charge in [0.15, 0.2) is 0 Å². The molecule has 0 bridgehead atoms. The maximum absolute atomic E-state index is 13.8. The van der Waals surface area contributed by atoms with Crippen LogP contribution in [0.5, 0.6) is 5.75 Å². The zero-order valence-electron chi connectivity index (χ0n) is 25.0. The first-order valence-electron chi connectivity index (χ1n) is 14.6. The Balaban J connectivity index is 1.16. The van der Waals surface area contributed by atoms with Gasteiger partial charge in [-0.2, -0.15) is 5.10 Å². The lowest BCUT2D eigenvalue weighted by Gasteiger charge is -2.36. The number of carbonyl (C=O) groups is 1. The van der Waals surface area contributed by atoms with Crippen LogP contribution in [0.3, 0.4) is 0 Å². The summed E-state index contributed by atoms with van der Waals surface area (Å²) >= 11 is 6.30. The number of amides is 1. The Bertz CT molecular complexity index is 1370. The number of piperazine rings is 1. The topological polar surface area (TPSA) is 65.9 Å². The highest BCUT2D eigenvalue weighted by Crippen LogP contribution is 2.38. The third-order valence-electron chi connectivity index (χ3n) is 8.03. The standard InChI is InChI=1S/C32H43ClN6O2/c1-23-19-24(7-10-29(23)41-18-6-12-37-14-16-38(17-15-37)13-11-32(2,3)4)31(40)39-22-25-21-34-36(5)30(25)35-27-20-26(33)8-9-28(27)39/h7-10,19-21,35H,6,11-18,22H2,1-5H3. The lowest BCUT2D eigenvalue weighted by Crippen LogP contribution is -2.47. The molecule has 0 aliphatic carbocycles. The molecule has 0 atom stereocenters. The second-order valence-corrected chi connectivity index (χ2v) is 12.9. The maximum atomic E-state index is 13.8. The second-order valence-electron chi connectivity index (χ2n) is 12.5. The van der Waals surface area contributed by atoms with Crippen molar-refractivity contribution < 1.29 is 9.53 Å². The molecular weight excluding hydrogens is 536 g/mol. The van der Waals surface area contributed by atoms with E-state index in [1.165, 1.54) is 13.0 Å². The van der Waals surface area contributed by atoms with E-state index in [9.17, 15) is 4.79 Å². The molecule has 2 aliphatic heterocycles. The molecule has 0 spiro atoms. The van der Waals surface area contributed by atoms with Gasteiger partial charge in [0.1, 0.15) is 11.6 Å². The van der Waals surface area contributed by atoms with Crippen molar-refractivity contribution >= 4 is 34.7 Å². The zero-order valence-corrected chi connectivity index (χ0v) is 25.8. The summed E-state index contributed by atoms with van der Waals surface area (Å²) < 4.78 is 7.92. The highest BCUT2D eigenvalue weighted by molar-refractivity contribution is 6.31. The number of nitrogens with one attached hydrogen (secondary N) is 1. The predicted octanol–water partition coefficient (Wildman–Crippen LogP) is 6.11. The fraction of sp³-hybridized carbons (Fsp3) is 0.500. The zero-order chi connectivity index (χ0) is 29.1. The van der Waals surface area contributed by atoms with Crippen molar-refractivity contribution in [2.75, 3.05) is 56.1 Å². The van der Waals surface area contributed by atoms with Crippen LogP contribution in [0.1, 0.15) is 55.1 Å². The van der Waals surface area contributed by atoms with Crippen molar-refractivity contribution in [2.24, 2.45) is 12.5 Å². The molecule has 1 aromatic heterocycles. The van der Waals surface area contributed by atoms with Gasteiger partial charge in [0.25, 0.3) is 5.91 Å². The van der Waals surface area contributed by atoms with Crippen molar-refractivity contribution in [3.05, 3.63) is 64.3 Å². The summed E-state index contributed by atoms with van der Waals surface area (Å²) in [6, 6.07) is 11.2. The first-order valence-corrected chi connectivity index (χ1v) is 15.0. The molecule has 2 aromatic carbocycles. The number of rotatable bonds is 8. The molecule has 220 valence electrons. The van der Waals surface area contributed by atoms with Gasteiger partial charge < -0.3 is 24.8 Å². The Morgan fingerprint density at radius 1 is 1.05 bits per heavy atom. The number of hydrogen-bond donors (Lipinski definition) is 1. The monoisotopic (exact) mass is 578 g/mol. The molecule has 1 N–H and O–H groups in total. The van der Waals surface area contributed by atoms with Crippen LogP contribution in [0.25, 0.3) is 0 Å². The van der Waals surface area contributed by atoms with Crippen molar-refractivity contribution in [2.45, 2.75) is 47.1 Å². The number of aryl methyl sites for hydroxylation is 2. The number of aromatic nitrogens is 2. The SMILES string of the molecule is Cc1cc(C(=O)N2Cc3cnn(C)c3Nc3cc(Cl)ccc32)ccc1OCCCN1CCN(CCC(C)(C)C)CC1. The van der Waals surface area contributed by atoms with Gasteiger partial charge in [0.05, 0.1) is 30.7 Å². The summed E-state index contributed by atoms with van der Waals surface area (Å²) in [7, 11) is 1.88. The molecule has 5 rings (SSSR count). The van der Waals surface area contributed by atoms with E-state index >= 15 is 0 Å². The van der Waals surface area contributed by atoms with E-state index in [1.807, 2.05) is 50.4 Å². The fourth-order valence-electron chi connectivity index (χ4n) is 5.47. The molecule has 41 heavy (non-hydrogen) atoms. The van der Waals surface area contributed by atoms with Crippen LogP contribution in [0.4, 0.5) is 17.2 Å². The minimum absolute atomic E-state index is 0.0802. The summed E-state index contributed by atoms with van der Waals surface area (Å²) in [6.07, 6.45) is 4.02. The molecule has 2 aliphatic rings. The van der Waals surface area contributed by atoms with E-state index < -0.39 is 0 Å². The quantitative estimate of drug-likeness (QED) is 0.325. The molecular formula is C32H43ClN6O2. The molecule has 1 fully saturated rings. The van der Waals surface area contributed by atoms with Crippen molar-refractivity contribution in [1.82, 2.24) is 19.6 Å². The Morgan fingerprint density at radius 2 is 1.78 bits per heavy atom. The fourth-order valence-corrected chi connectivity index (χ4v) is 5.64. The number of anilines is 3. The van der Waals surface area contributed by atoms with Crippen LogP contribution in [-0.4, -0.2) is 71.4 Å². The third-order valence-corrected chi connectivity index (χ3v) is 8.27. The summed E-state index contributed by atoms with van der Waals surface area (Å²) in [6.45, 7) is 16.8. The van der Waals surface area contributed by atoms with E-state index in [1.54, 1.807) is 15.8 Å². The van der Waals surface area contributed by atoms with Gasteiger partial charge in [0.2, 0.25) is 0 Å². The van der Waals surface area contributed by atoms with Gasteiger partial charge in [-0.3, -0.25) is 9.48 Å². The van der Waals surface area contributed by atoms with Crippen LogP contribution in [-0.2, 0) is 13.6 Å². The Hall–Kier alpha value is -3.07. The molecule has 3 heterocycles. The Labute approximate surface area is 249 Å². The average Bonchev–Trinajstić information content (AvgIpc) is 3.18. The summed E-state index contributed by atoms with van der Waals surface area (Å²) in [5, 5.41) is 8.39. The Morgan fingerprint density at radius 3 is 2.49 bits per heavy atom. The van der Waals surface area contributed by atoms with Gasteiger partial charge in [-0.1, -0.05) is 32.4 Å². The number of nitrogens with zero attached hydrogens (tertiary/aromatic N) is 5. The van der Waals surface area contributed by atoms with Crippen LogP contribution in [0, 0.1) is 12.3 Å². The first kappa shape index (κ1) is 29.4. The minimum Gasteiger partial charge on any atom is -0.493 e. The third kappa shape index (κ3) is 7.23. The second kappa shape index (κ2) is 12.4. The largest absolute Gasteiger partial charge is 0.493 e. The van der Waals surface area contributed by atoms with Crippen LogP contribution >= 0.6 is 11.6 Å². The van der Waals surface area contributed by atoms with Gasteiger partial charge in [0, 0.05) is 55.9 Å². The molecule has 0 radical (unpaired) electrons. The highest BCUT2D eigenvalue weighted by atomic mass is 35.5. The number of ether oxygens (including phenoxy) is 1. The van der Waals surface area contributed by atoms with Crippen LogP contribution < -0.4 is 15.0 Å². The number of benzene rings is 2. The van der Waals surface area contributed by atoms with E-state index in [4.69, 9.17) is 16.3 Å². The maximum Gasteiger partial charge on any atom is 0.258 e. The average molecular weight is 579 g/mol. The van der Waals surface area contributed by atoms with Gasteiger partial charge in [-0.25, -0.2) is 0 Å². The smallest absolute Gasteiger partial charge is 0.258 e. The molecule has 1 amide bonds. The van der Waals surface area contributed by atoms with E-state index in [-0.39, 0.29) is 5.91 Å². The summed E-state index contributed by atoms with van der Waals surface area (Å²) in [4.78, 5) is 20.7. The molecule has 9 heteroatoms. The Kier molecular flexibility index (Phi) is 8.92. The number of fused-ring (bicyclic) bond motifs is 2. The summed E-state index contributed by atoms with van der Waals surface area (Å²) in [5.74, 6) is 1.60. The van der Waals surface area contributed by atoms with Gasteiger partial charge >= 0.3 is 0 Å². The van der Waals surface area contributed by atoms with E-state index in [0.717, 1.165) is 73.2 Å². The van der Waals surface area contributed by atoms with Crippen LogP contribution in [0.2, 0.25) is 5.02 Å². The molecule has 0 unspecified atom stereocenters. The molecule has 8 nitrogen and oxygen atoms in total. The van der Waals surface area contributed by atoms with Crippen LogP contribution in [0.15, 0.2) is 42.6 Å².